The van der Waals surface area contributed by atoms with Crippen LogP contribution in [0.15, 0.2) is 24.3 Å². The lowest BCUT2D eigenvalue weighted by Gasteiger charge is -2.50. The number of rotatable bonds is 45. The molecular weight excluding hydrogens is 1080 g/mol. The van der Waals surface area contributed by atoms with Crippen molar-refractivity contribution in [1.29, 1.82) is 0 Å². The van der Waals surface area contributed by atoms with E-state index in [9.17, 15) is 75.7 Å². The molecule has 0 radical (unpaired) electrons. The molecule has 3 aliphatic heterocycles. The molecule has 3 aliphatic rings. The first-order valence-electron chi connectivity index (χ1n) is 31.2. The Balaban J connectivity index is 1.67. The number of aliphatic carboxylic acids is 1. The molecule has 0 aromatic carbocycles. The van der Waals surface area contributed by atoms with Crippen LogP contribution in [0.3, 0.4) is 0 Å². The topological polar surface area (TPSA) is 373 Å². The Bertz CT molecular complexity index is 1800. The molecule has 3 heterocycles. The summed E-state index contributed by atoms with van der Waals surface area (Å²) >= 11 is 0. The summed E-state index contributed by atoms with van der Waals surface area (Å²) in [6, 6.07) is -2.62. The number of ether oxygens (including phenoxy) is 6. The highest BCUT2D eigenvalue weighted by atomic mass is 16.8. The van der Waals surface area contributed by atoms with E-state index in [4.69, 9.17) is 28.4 Å². The van der Waals surface area contributed by atoms with Crippen molar-refractivity contribution in [2.45, 2.75) is 310 Å². The molecule has 0 saturated carbocycles. The fourth-order valence-electron chi connectivity index (χ4n) is 10.8. The predicted molar refractivity (Wildman–Crippen MR) is 306 cm³/mol. The lowest BCUT2D eigenvalue weighted by atomic mass is 9.88. The number of aliphatic hydroxyl groups is 11. The molecule has 23 nitrogen and oxygen atoms in total. The second-order valence-corrected chi connectivity index (χ2v) is 22.9. The van der Waals surface area contributed by atoms with Crippen LogP contribution in [-0.2, 0) is 42.8 Å². The number of aliphatic hydroxyl groups excluding tert-OH is 11. The predicted octanol–water partition coefficient (Wildman–Crippen LogP) is 3.33. The average molecular weight is 1190 g/mol. The summed E-state index contributed by atoms with van der Waals surface area (Å²) < 4.78 is 34.7. The van der Waals surface area contributed by atoms with E-state index in [2.05, 4.69) is 36.6 Å². The van der Waals surface area contributed by atoms with Gasteiger partial charge in [0.2, 0.25) is 11.8 Å². The fourth-order valence-corrected chi connectivity index (χ4v) is 10.8. The first-order chi connectivity index (χ1) is 39.9. The largest absolute Gasteiger partial charge is 0.477 e. The van der Waals surface area contributed by atoms with Crippen molar-refractivity contribution in [3.8, 4) is 0 Å². The minimum Gasteiger partial charge on any atom is -0.477 e. The smallest absolute Gasteiger partial charge is 0.364 e. The molecule has 18 atom stereocenters. The standard InChI is InChI=1S/C60H108N2O21/c1-4-6-8-10-12-14-16-18-20-22-24-26-28-30-32-34-47(70)62-41(42(67)33-31-29-27-25-23-21-19-17-15-13-11-9-7-5-2)39-78-57-52(74)51(73)54(46(38-65)80-57)81-58-53(75)56(50(72)45(37-64)79-58)83-60(59(76)77)35-43(68)48(61-40(3)66)55(82-60)49(71)44(69)36-63/h14,16,31,33,41-46,48-58,63-65,67-69,71-75H,4-13,15,17-30,32,34-39H2,1-3H3,(H,61,66)(H,62,70)(H,76,77)/b16-14-,33-31+. The molecule has 0 spiro atoms. The van der Waals surface area contributed by atoms with E-state index < -0.39 is 155 Å². The molecule has 2 amide bonds. The maximum atomic E-state index is 13.4. The number of carboxylic acids is 1. The van der Waals surface area contributed by atoms with Gasteiger partial charge >= 0.3 is 5.97 Å². The summed E-state index contributed by atoms with van der Waals surface area (Å²) in [5.41, 5.74) is 0. The van der Waals surface area contributed by atoms with Gasteiger partial charge in [-0.15, -0.1) is 0 Å². The number of hydrogen-bond donors (Lipinski definition) is 14. The minimum absolute atomic E-state index is 0.195. The summed E-state index contributed by atoms with van der Waals surface area (Å²) in [6.45, 7) is 2.08. The summed E-state index contributed by atoms with van der Waals surface area (Å²) in [5, 5.41) is 135. The summed E-state index contributed by atoms with van der Waals surface area (Å²) in [5.74, 6) is -6.15. The molecule has 3 rings (SSSR count). The zero-order valence-corrected chi connectivity index (χ0v) is 49.8. The molecule has 14 N–H and O–H groups in total. The highest BCUT2D eigenvalue weighted by molar-refractivity contribution is 5.77. The number of carbonyl (C=O) groups is 3. The summed E-state index contributed by atoms with van der Waals surface area (Å²) in [4.78, 5) is 38.4. The molecule has 0 aliphatic carbocycles. The van der Waals surface area contributed by atoms with Crippen molar-refractivity contribution in [2.75, 3.05) is 26.4 Å². The van der Waals surface area contributed by atoms with Gasteiger partial charge in [0.05, 0.1) is 50.7 Å². The van der Waals surface area contributed by atoms with Crippen molar-refractivity contribution in [3.05, 3.63) is 24.3 Å². The van der Waals surface area contributed by atoms with Crippen LogP contribution in [0.1, 0.15) is 201 Å². The van der Waals surface area contributed by atoms with Gasteiger partial charge in [0.25, 0.3) is 5.79 Å². The van der Waals surface area contributed by atoms with Gasteiger partial charge in [0.15, 0.2) is 12.6 Å². The van der Waals surface area contributed by atoms with Gasteiger partial charge in [0, 0.05) is 19.8 Å². The monoisotopic (exact) mass is 1190 g/mol. The zero-order valence-electron chi connectivity index (χ0n) is 49.8. The van der Waals surface area contributed by atoms with Crippen molar-refractivity contribution >= 4 is 17.8 Å². The average Bonchev–Trinajstić information content (AvgIpc) is 2.86. The van der Waals surface area contributed by atoms with Crippen LogP contribution in [0.25, 0.3) is 0 Å². The summed E-state index contributed by atoms with van der Waals surface area (Å²) in [7, 11) is 0. The van der Waals surface area contributed by atoms with Gasteiger partial charge in [-0.1, -0.05) is 160 Å². The molecule has 23 heteroatoms. The highest BCUT2D eigenvalue weighted by Crippen LogP contribution is 2.38. The lowest BCUT2D eigenvalue weighted by Crippen LogP contribution is -2.70. The third-order valence-corrected chi connectivity index (χ3v) is 15.9. The number of carbonyl (C=O) groups excluding carboxylic acids is 2. The first kappa shape index (κ1) is 74.5. The SMILES string of the molecule is CCCCCC/C=C\CCCCCCCCCC(=O)NC(COC1OC(CO)C(OC2OC(CO)C(O)C(OC3(C(=O)O)CC(O)C(NC(C)=O)C(C(O)C(O)CO)O3)C2O)C(O)C1O)C(O)/C=C/CCCCCCCCCCCCCC. The Morgan fingerprint density at radius 2 is 1.13 bits per heavy atom. The van der Waals surface area contributed by atoms with E-state index in [0.29, 0.717) is 12.8 Å². The third-order valence-electron chi connectivity index (χ3n) is 15.9. The van der Waals surface area contributed by atoms with Crippen molar-refractivity contribution in [3.63, 3.8) is 0 Å². The second-order valence-electron chi connectivity index (χ2n) is 22.9. The van der Waals surface area contributed by atoms with Gasteiger partial charge < -0.3 is 100 Å². The van der Waals surface area contributed by atoms with E-state index in [-0.39, 0.29) is 12.3 Å². The van der Waals surface area contributed by atoms with Crippen LogP contribution >= 0.6 is 0 Å². The third kappa shape index (κ3) is 26.2. The zero-order chi connectivity index (χ0) is 61.2. The molecule has 18 unspecified atom stereocenters. The Morgan fingerprint density at radius 3 is 1.65 bits per heavy atom. The number of carboxylic acid groups (broad SMARTS) is 1. The van der Waals surface area contributed by atoms with E-state index in [1.165, 1.54) is 83.5 Å². The van der Waals surface area contributed by atoms with Crippen molar-refractivity contribution < 1.29 is 104 Å². The van der Waals surface area contributed by atoms with E-state index in [1.54, 1.807) is 6.08 Å². The summed E-state index contributed by atoms with van der Waals surface area (Å²) in [6.07, 6.45) is 8.08. The molecule has 83 heavy (non-hydrogen) atoms. The van der Waals surface area contributed by atoms with Crippen molar-refractivity contribution in [1.82, 2.24) is 10.6 Å². The van der Waals surface area contributed by atoms with Crippen LogP contribution in [0.2, 0.25) is 0 Å². The molecular formula is C60H108N2O21. The molecule has 3 saturated heterocycles. The van der Waals surface area contributed by atoms with Gasteiger partial charge in [-0.05, 0) is 44.9 Å². The van der Waals surface area contributed by atoms with E-state index in [1.807, 2.05) is 6.08 Å². The molecule has 0 aromatic heterocycles. The lowest BCUT2D eigenvalue weighted by molar-refractivity contribution is -0.386. The van der Waals surface area contributed by atoms with Crippen LogP contribution in [0.5, 0.6) is 0 Å². The molecule has 0 aromatic rings. The maximum absolute atomic E-state index is 13.4. The molecule has 484 valence electrons. The van der Waals surface area contributed by atoms with Crippen LogP contribution in [-0.4, -0.2) is 215 Å². The van der Waals surface area contributed by atoms with Crippen LogP contribution in [0, 0.1) is 0 Å². The van der Waals surface area contributed by atoms with Crippen LogP contribution in [0.4, 0.5) is 0 Å². The highest BCUT2D eigenvalue weighted by Gasteiger charge is 2.60. The normalized spacial score (nSPS) is 30.1. The Kier molecular flexibility index (Phi) is 37.8. The Labute approximate surface area is 492 Å². The quantitative estimate of drug-likeness (QED) is 0.0307. The number of allylic oxidation sites excluding steroid dienone is 3. The van der Waals surface area contributed by atoms with Gasteiger partial charge in [-0.3, -0.25) is 9.59 Å². The molecule has 0 bridgehead atoms. The minimum atomic E-state index is -3.08. The van der Waals surface area contributed by atoms with Crippen LogP contribution < -0.4 is 10.6 Å². The van der Waals surface area contributed by atoms with Gasteiger partial charge in [-0.25, -0.2) is 4.79 Å². The number of unbranched alkanes of at least 4 members (excludes halogenated alkanes) is 23. The Hall–Kier alpha value is -2.79. The number of nitrogens with one attached hydrogen (secondary N) is 2. The van der Waals surface area contributed by atoms with Crippen molar-refractivity contribution in [2.24, 2.45) is 0 Å². The van der Waals surface area contributed by atoms with E-state index in [0.717, 1.165) is 77.6 Å². The maximum Gasteiger partial charge on any atom is 0.364 e. The first-order valence-corrected chi connectivity index (χ1v) is 31.2. The Morgan fingerprint density at radius 1 is 0.627 bits per heavy atom. The number of hydrogen-bond acceptors (Lipinski definition) is 20. The van der Waals surface area contributed by atoms with Gasteiger partial charge in [-0.2, -0.15) is 0 Å². The fraction of sp³-hybridized carbons (Fsp3) is 0.883. The molecule has 3 fully saturated rings. The second kappa shape index (κ2) is 42.2. The number of amides is 2. The van der Waals surface area contributed by atoms with E-state index >= 15 is 0 Å². The van der Waals surface area contributed by atoms with Gasteiger partial charge in [0.1, 0.15) is 67.1 Å².